The van der Waals surface area contributed by atoms with Crippen LogP contribution < -0.4 is 11.2 Å². The summed E-state index contributed by atoms with van der Waals surface area (Å²) in [5, 5.41) is 0.622. The first-order valence-corrected chi connectivity index (χ1v) is 10.2. The van der Waals surface area contributed by atoms with E-state index >= 15 is 0 Å². The van der Waals surface area contributed by atoms with Gasteiger partial charge in [0.1, 0.15) is 11.9 Å². The van der Waals surface area contributed by atoms with Gasteiger partial charge >= 0.3 is 5.69 Å². The van der Waals surface area contributed by atoms with Crippen molar-refractivity contribution in [3.8, 4) is 11.3 Å². The number of rotatable bonds is 2. The van der Waals surface area contributed by atoms with Crippen molar-refractivity contribution in [3.05, 3.63) is 91.5 Å². The Morgan fingerprint density at radius 1 is 1.03 bits per heavy atom. The zero-order valence-electron chi connectivity index (χ0n) is 16.9. The molecule has 0 N–H and O–H groups in total. The van der Waals surface area contributed by atoms with Crippen LogP contribution in [0.3, 0.4) is 0 Å². The van der Waals surface area contributed by atoms with Gasteiger partial charge in [-0.1, -0.05) is 48.0 Å². The van der Waals surface area contributed by atoms with E-state index in [0.717, 1.165) is 10.1 Å². The Balaban J connectivity index is 1.98. The van der Waals surface area contributed by atoms with Crippen LogP contribution in [0.4, 0.5) is 4.39 Å². The van der Waals surface area contributed by atoms with Crippen molar-refractivity contribution in [2.45, 2.75) is 12.6 Å². The molecule has 5 rings (SSSR count). The molecule has 0 fully saturated rings. The van der Waals surface area contributed by atoms with E-state index in [0.29, 0.717) is 35.4 Å². The Hall–Kier alpha value is -3.16. The third-order valence-electron chi connectivity index (χ3n) is 5.86. The van der Waals surface area contributed by atoms with Gasteiger partial charge in [-0.15, -0.1) is 0 Å². The molecule has 3 heterocycles. The van der Waals surface area contributed by atoms with E-state index in [1.165, 1.54) is 23.7 Å². The second-order valence-electron chi connectivity index (χ2n) is 7.57. The number of halogens is 2. The van der Waals surface area contributed by atoms with Crippen LogP contribution >= 0.6 is 11.6 Å². The van der Waals surface area contributed by atoms with E-state index < -0.39 is 23.2 Å². The summed E-state index contributed by atoms with van der Waals surface area (Å²) < 4.78 is 25.3. The number of benzene rings is 2. The van der Waals surface area contributed by atoms with Gasteiger partial charge in [0.2, 0.25) is 0 Å². The zero-order valence-corrected chi connectivity index (χ0v) is 17.7. The van der Waals surface area contributed by atoms with Crippen LogP contribution in [0.25, 0.3) is 22.2 Å². The fourth-order valence-electron chi connectivity index (χ4n) is 4.46. The molecule has 1 aliphatic rings. The Morgan fingerprint density at radius 3 is 2.48 bits per heavy atom. The minimum absolute atomic E-state index is 0.192. The van der Waals surface area contributed by atoms with Crippen molar-refractivity contribution in [1.82, 2.24) is 13.7 Å². The fourth-order valence-corrected chi connectivity index (χ4v) is 4.72. The maximum Gasteiger partial charge on any atom is 0.331 e. The van der Waals surface area contributed by atoms with Crippen LogP contribution in [0.2, 0.25) is 5.02 Å². The van der Waals surface area contributed by atoms with Gasteiger partial charge in [0, 0.05) is 31.2 Å². The molecule has 1 atom stereocenters. The highest BCUT2D eigenvalue weighted by atomic mass is 35.5. The molecule has 4 aromatic rings. The molecule has 0 unspecified atom stereocenters. The van der Waals surface area contributed by atoms with Crippen molar-refractivity contribution in [1.29, 1.82) is 0 Å². The summed E-state index contributed by atoms with van der Waals surface area (Å²) >= 11 is 6.37. The molecule has 2 aromatic carbocycles. The number of hydrogen-bond donors (Lipinski definition) is 0. The lowest BCUT2D eigenvalue weighted by atomic mass is 10.0. The summed E-state index contributed by atoms with van der Waals surface area (Å²) in [6.07, 6.45) is -0.861. The van der Waals surface area contributed by atoms with E-state index in [1.807, 2.05) is 34.9 Å². The van der Waals surface area contributed by atoms with Crippen LogP contribution in [0.1, 0.15) is 17.4 Å². The molecular weight excluding hydrogens is 421 g/mol. The maximum atomic E-state index is 14.9. The summed E-state index contributed by atoms with van der Waals surface area (Å²) in [6.45, 7) is 0.756. The summed E-state index contributed by atoms with van der Waals surface area (Å²) in [6, 6.07) is 13.9. The molecule has 158 valence electrons. The van der Waals surface area contributed by atoms with Gasteiger partial charge in [0.15, 0.2) is 0 Å². The average Bonchev–Trinajstić information content (AvgIpc) is 3.13. The molecule has 6 nitrogen and oxygen atoms in total. The Kier molecular flexibility index (Phi) is 4.60. The quantitative estimate of drug-likeness (QED) is 0.479. The van der Waals surface area contributed by atoms with Crippen molar-refractivity contribution in [3.63, 3.8) is 0 Å². The molecule has 0 radical (unpaired) electrons. The molecule has 31 heavy (non-hydrogen) atoms. The van der Waals surface area contributed by atoms with Gasteiger partial charge in [-0.25, -0.2) is 9.18 Å². The topological polar surface area (TPSA) is 58.2 Å². The highest BCUT2D eigenvalue weighted by molar-refractivity contribution is 6.31. The van der Waals surface area contributed by atoms with Gasteiger partial charge in [0.25, 0.3) is 5.56 Å². The lowest BCUT2D eigenvalue weighted by molar-refractivity contribution is 0.0458. The number of nitrogens with zero attached hydrogens (tertiary/aromatic N) is 3. The minimum atomic E-state index is -0.861. The molecule has 8 heteroatoms. The number of aromatic nitrogens is 3. The molecule has 2 aromatic heterocycles. The van der Waals surface area contributed by atoms with Crippen molar-refractivity contribution < 1.29 is 9.13 Å². The van der Waals surface area contributed by atoms with Crippen molar-refractivity contribution >= 4 is 22.5 Å². The predicted octanol–water partition coefficient (Wildman–Crippen LogP) is 3.62. The first-order valence-electron chi connectivity index (χ1n) is 9.84. The first kappa shape index (κ1) is 19.8. The van der Waals surface area contributed by atoms with E-state index in [-0.39, 0.29) is 10.6 Å². The largest absolute Gasteiger partial charge is 0.365 e. The maximum absolute atomic E-state index is 14.9. The van der Waals surface area contributed by atoms with E-state index in [4.69, 9.17) is 16.3 Å². The predicted molar refractivity (Wildman–Crippen MR) is 117 cm³/mol. The average molecular weight is 440 g/mol. The van der Waals surface area contributed by atoms with Gasteiger partial charge < -0.3 is 9.30 Å². The fraction of sp³-hybridized carbons (Fsp3) is 0.217. The lowest BCUT2D eigenvalue weighted by Gasteiger charge is -2.28. The Labute approximate surface area is 181 Å². The third kappa shape index (κ3) is 2.80. The van der Waals surface area contributed by atoms with Gasteiger partial charge in [0.05, 0.1) is 28.9 Å². The van der Waals surface area contributed by atoms with Gasteiger partial charge in [-0.05, 0) is 17.7 Å². The highest BCUT2D eigenvalue weighted by Gasteiger charge is 2.35. The summed E-state index contributed by atoms with van der Waals surface area (Å²) in [5.74, 6) is -0.504. The van der Waals surface area contributed by atoms with Crippen LogP contribution in [0.5, 0.6) is 0 Å². The monoisotopic (exact) mass is 439 g/mol. The van der Waals surface area contributed by atoms with Crippen molar-refractivity contribution in [2.75, 3.05) is 6.61 Å². The summed E-state index contributed by atoms with van der Waals surface area (Å²) in [7, 11) is 3.06. The number of ether oxygens (including phenoxy) is 1. The second kappa shape index (κ2) is 7.21. The van der Waals surface area contributed by atoms with Gasteiger partial charge in [-0.2, -0.15) is 0 Å². The Bertz CT molecular complexity index is 1430. The summed E-state index contributed by atoms with van der Waals surface area (Å²) in [4.78, 5) is 26.1. The van der Waals surface area contributed by atoms with E-state index in [9.17, 15) is 14.0 Å². The Morgan fingerprint density at radius 2 is 1.77 bits per heavy atom. The number of hydrogen-bond acceptors (Lipinski definition) is 3. The lowest BCUT2D eigenvalue weighted by Crippen LogP contribution is -2.37. The van der Waals surface area contributed by atoms with E-state index in [2.05, 4.69) is 0 Å². The standard InChI is InChI=1S/C23H19ClFN3O3/c1-26-19-17(22(29)27(2)23(26)30)18(13-7-4-3-5-8-13)28-11-12-31-21(20(19)28)16-14(24)9-6-10-15(16)25/h3-10,21H,11-12H2,1-2H3/t21-/m0/s1. The zero-order chi connectivity index (χ0) is 21.9. The minimum Gasteiger partial charge on any atom is -0.365 e. The second-order valence-corrected chi connectivity index (χ2v) is 7.97. The van der Waals surface area contributed by atoms with Crippen LogP contribution in [-0.2, 0) is 25.4 Å². The molecule has 0 bridgehead atoms. The molecule has 0 amide bonds. The number of aryl methyl sites for hydroxylation is 1. The smallest absolute Gasteiger partial charge is 0.331 e. The SMILES string of the molecule is Cn1c(=O)c2c(-c3ccccc3)n3c(c2n(C)c1=O)[C@H](c1c(F)cccc1Cl)OCC3. The molecular formula is C23H19ClFN3O3. The van der Waals surface area contributed by atoms with Crippen LogP contribution in [0, 0.1) is 5.82 Å². The molecule has 1 aliphatic heterocycles. The molecule has 0 spiro atoms. The number of fused-ring (bicyclic) bond motifs is 3. The third-order valence-corrected chi connectivity index (χ3v) is 6.19. The molecule has 0 saturated carbocycles. The first-order chi connectivity index (χ1) is 14.9. The highest BCUT2D eigenvalue weighted by Crippen LogP contribution is 2.42. The van der Waals surface area contributed by atoms with Gasteiger partial charge in [-0.3, -0.25) is 13.9 Å². The summed E-state index contributed by atoms with van der Waals surface area (Å²) in [5.41, 5.74) is 1.81. The molecule has 0 saturated heterocycles. The van der Waals surface area contributed by atoms with Crippen molar-refractivity contribution in [2.24, 2.45) is 14.1 Å². The van der Waals surface area contributed by atoms with Crippen LogP contribution in [0.15, 0.2) is 58.1 Å². The van der Waals surface area contributed by atoms with E-state index in [1.54, 1.807) is 13.1 Å². The van der Waals surface area contributed by atoms with Crippen LogP contribution in [-0.4, -0.2) is 20.3 Å². The normalized spacial score (nSPS) is 15.9. The molecule has 0 aliphatic carbocycles.